The molecule has 0 amide bonds. The highest BCUT2D eigenvalue weighted by atomic mass is 79.9. The third kappa shape index (κ3) is 13.3. The molecule has 0 spiro atoms. The molecule has 5 nitrogen and oxygen atoms in total. The highest BCUT2D eigenvalue weighted by Gasteiger charge is 2.22. The molecule has 0 atom stereocenters. The summed E-state index contributed by atoms with van der Waals surface area (Å²) in [5, 5.41) is 8.89. The molecule has 0 aromatic heterocycles. The Hall–Kier alpha value is -8.68. The van der Waals surface area contributed by atoms with Crippen molar-refractivity contribution < 1.29 is 41.5 Å². The molecule has 12 heteroatoms. The number of ether oxygens (including phenoxy) is 3. The Bertz CT molecular complexity index is 3730. The second-order valence-electron chi connectivity index (χ2n) is 18.2. The molecule has 81 heavy (non-hydrogen) atoms. The van der Waals surface area contributed by atoms with E-state index in [0.717, 1.165) is 78.9 Å². The van der Waals surface area contributed by atoms with Crippen molar-refractivity contribution in [3.8, 4) is 112 Å². The van der Waals surface area contributed by atoms with E-state index in [1.807, 2.05) is 140 Å². The van der Waals surface area contributed by atoms with Gasteiger partial charge in [-0.2, -0.15) is 0 Å². The largest absolute Gasteiger partial charge is 0.569 e. The molecular weight excluding hydrogens is 1160 g/mol. The van der Waals surface area contributed by atoms with Gasteiger partial charge in [0, 0.05) is 38.9 Å². The fourth-order valence-corrected chi connectivity index (χ4v) is 10.1. The van der Waals surface area contributed by atoms with Crippen molar-refractivity contribution in [1.29, 1.82) is 0 Å². The van der Waals surface area contributed by atoms with Gasteiger partial charge in [0.2, 0.25) is 0 Å². The quantitative estimate of drug-likeness (QED) is 0.0708. The van der Waals surface area contributed by atoms with Crippen LogP contribution in [0.5, 0.6) is 23.0 Å². The van der Waals surface area contributed by atoms with Crippen LogP contribution in [-0.4, -0.2) is 34.0 Å². The van der Waals surface area contributed by atoms with Crippen LogP contribution in [0.15, 0.2) is 252 Å². The molecule has 0 unspecified atom stereocenters. The molecule has 1 N–H and O–H groups in total. The number of hydrogen-bond acceptors (Lipinski definition) is 5. The Morgan fingerprint density at radius 3 is 0.938 bits per heavy atom. The lowest BCUT2D eigenvalue weighted by Crippen LogP contribution is -2.02. The predicted molar refractivity (Wildman–Crippen MR) is 326 cm³/mol. The summed E-state index contributed by atoms with van der Waals surface area (Å²) in [6, 6.07) is 76.1. The van der Waals surface area contributed by atoms with Gasteiger partial charge in [-0.1, -0.05) is 194 Å². The molecule has 0 saturated carbocycles. The minimum Gasteiger partial charge on any atom is -0.535 e. The molecule has 11 aromatic rings. The van der Waals surface area contributed by atoms with Gasteiger partial charge in [-0.3, -0.25) is 0 Å². The van der Waals surface area contributed by atoms with E-state index >= 15 is 8.78 Å². The van der Waals surface area contributed by atoms with E-state index < -0.39 is 23.3 Å². The van der Waals surface area contributed by atoms with Crippen LogP contribution in [0.4, 0.5) is 17.6 Å². The summed E-state index contributed by atoms with van der Waals surface area (Å²) in [6.45, 7) is 0. The zero-order chi connectivity index (χ0) is 56.8. The number of hydrogen-bond donors (Lipinski definition) is 1. The fourth-order valence-electron chi connectivity index (χ4n) is 9.44. The lowest BCUT2D eigenvalue weighted by Gasteiger charge is -2.18. The van der Waals surface area contributed by atoms with Crippen molar-refractivity contribution in [2.45, 2.75) is 0 Å². The van der Waals surface area contributed by atoms with Gasteiger partial charge in [0.05, 0.1) is 30.3 Å². The normalized spacial score (nSPS) is 10.6. The Balaban J connectivity index is 0.000000197. The average Bonchev–Trinajstić information content (AvgIpc) is 3.56. The SMILES string of the molecule is COc1c(-c2cccc(-c3ccccc3)c2)cccc1-c1cc(F)c(-c2cccc(-c3cccc(-c4ccccc4)c3)c2OC)cc1F.COc1c(O[B]O)cccc1-c1cccc(-c2ccccc2)c1.Fc1cc(Br)c(F)cc1Br. The molecule has 0 heterocycles. The molecular formula is C69H50BBr2F4O5. The van der Waals surface area contributed by atoms with E-state index in [-0.39, 0.29) is 20.1 Å². The maximum Gasteiger partial charge on any atom is 0.569 e. The summed E-state index contributed by atoms with van der Waals surface area (Å²) in [4.78, 5) is 0. The minimum absolute atomic E-state index is 0.111. The first kappa shape index (κ1) is 57.0. The molecule has 0 bridgehead atoms. The maximum atomic E-state index is 16.2. The van der Waals surface area contributed by atoms with Crippen molar-refractivity contribution in [3.05, 3.63) is 275 Å². The van der Waals surface area contributed by atoms with E-state index in [1.165, 1.54) is 12.1 Å². The molecule has 0 aliphatic rings. The van der Waals surface area contributed by atoms with Crippen LogP contribution < -0.4 is 18.9 Å². The van der Waals surface area contributed by atoms with E-state index in [0.29, 0.717) is 41.8 Å². The van der Waals surface area contributed by atoms with E-state index in [2.05, 4.69) is 92.5 Å². The van der Waals surface area contributed by atoms with Crippen LogP contribution in [-0.2, 0) is 0 Å². The van der Waals surface area contributed by atoms with Gasteiger partial charge >= 0.3 is 7.69 Å². The summed E-state index contributed by atoms with van der Waals surface area (Å²) < 4.78 is 80.0. The Labute approximate surface area is 486 Å². The summed E-state index contributed by atoms with van der Waals surface area (Å²) in [5.74, 6) is -0.114. The summed E-state index contributed by atoms with van der Waals surface area (Å²) in [7, 11) is 5.34. The molecule has 11 rings (SSSR count). The third-order valence-corrected chi connectivity index (χ3v) is 14.5. The smallest absolute Gasteiger partial charge is 0.535 e. The van der Waals surface area contributed by atoms with Crippen molar-refractivity contribution in [2.75, 3.05) is 21.3 Å². The molecule has 11 aromatic carbocycles. The van der Waals surface area contributed by atoms with E-state index in [1.54, 1.807) is 39.5 Å². The first-order chi connectivity index (χ1) is 39.5. The van der Waals surface area contributed by atoms with Crippen molar-refractivity contribution in [3.63, 3.8) is 0 Å². The van der Waals surface area contributed by atoms with Gasteiger partial charge in [0.15, 0.2) is 5.75 Å². The summed E-state index contributed by atoms with van der Waals surface area (Å²) >= 11 is 5.69. The van der Waals surface area contributed by atoms with Gasteiger partial charge in [-0.05, 0) is 130 Å². The van der Waals surface area contributed by atoms with Crippen LogP contribution in [0.2, 0.25) is 0 Å². The second-order valence-corrected chi connectivity index (χ2v) is 19.9. The van der Waals surface area contributed by atoms with Crippen LogP contribution in [0, 0.1) is 23.3 Å². The fraction of sp³-hybridized carbons (Fsp3) is 0.0435. The first-order valence-corrected chi connectivity index (χ1v) is 27.0. The lowest BCUT2D eigenvalue weighted by molar-refractivity contribution is 0.383. The highest BCUT2D eigenvalue weighted by Crippen LogP contribution is 2.45. The van der Waals surface area contributed by atoms with Gasteiger partial charge in [-0.25, -0.2) is 17.6 Å². The monoisotopic (exact) mass is 1200 g/mol. The first-order valence-electron chi connectivity index (χ1n) is 25.4. The van der Waals surface area contributed by atoms with Crippen molar-refractivity contribution in [2.24, 2.45) is 0 Å². The molecule has 0 aliphatic carbocycles. The summed E-state index contributed by atoms with van der Waals surface area (Å²) in [5.41, 5.74) is 13.0. The highest BCUT2D eigenvalue weighted by molar-refractivity contribution is 9.11. The molecule has 0 saturated heterocycles. The molecule has 401 valence electrons. The van der Waals surface area contributed by atoms with Gasteiger partial charge in [-0.15, -0.1) is 0 Å². The van der Waals surface area contributed by atoms with E-state index in [4.69, 9.17) is 23.9 Å². The Morgan fingerprint density at radius 2 is 0.593 bits per heavy atom. The number of methoxy groups -OCH3 is 3. The van der Waals surface area contributed by atoms with Crippen LogP contribution in [0.3, 0.4) is 0 Å². The molecule has 0 aliphatic heterocycles. The van der Waals surface area contributed by atoms with Crippen molar-refractivity contribution >= 4 is 39.5 Å². The van der Waals surface area contributed by atoms with Gasteiger partial charge in [0.1, 0.15) is 40.5 Å². The van der Waals surface area contributed by atoms with E-state index in [9.17, 15) is 8.78 Å². The van der Waals surface area contributed by atoms with Crippen LogP contribution in [0.1, 0.15) is 0 Å². The Kier molecular flexibility index (Phi) is 19.0. The zero-order valence-electron chi connectivity index (χ0n) is 44.0. The van der Waals surface area contributed by atoms with Crippen LogP contribution in [0.25, 0.3) is 89.0 Å². The Morgan fingerprint density at radius 1 is 0.296 bits per heavy atom. The molecule has 1 radical (unpaired) electrons. The maximum absolute atomic E-state index is 16.2. The predicted octanol–water partition coefficient (Wildman–Crippen LogP) is 19.4. The minimum atomic E-state index is -0.571. The number of halogens is 6. The van der Waals surface area contributed by atoms with Gasteiger partial charge < -0.3 is 23.9 Å². The van der Waals surface area contributed by atoms with Crippen molar-refractivity contribution in [1.82, 2.24) is 0 Å². The van der Waals surface area contributed by atoms with Crippen LogP contribution >= 0.6 is 31.9 Å². The topological polar surface area (TPSA) is 57.2 Å². The third-order valence-electron chi connectivity index (χ3n) is 13.2. The zero-order valence-corrected chi connectivity index (χ0v) is 47.2. The average molecular weight is 1210 g/mol. The van der Waals surface area contributed by atoms with Gasteiger partial charge in [0.25, 0.3) is 0 Å². The molecule has 0 fully saturated rings. The number of benzene rings is 11. The summed E-state index contributed by atoms with van der Waals surface area (Å²) in [6.07, 6.45) is 0. The number of para-hydroxylation sites is 3. The number of rotatable bonds is 13. The second kappa shape index (κ2) is 27.0. The lowest BCUT2D eigenvalue weighted by atomic mass is 9.92. The standard InChI is InChI=1S/C44H32F2O2.C19H16BO3.C6H2Br2F2/c1-47-43-35(33-19-9-17-31(25-33)29-13-5-3-6-14-29)21-11-23-37(43)39-27-42(46)40(28-41(39)45)38-24-12-22-36(44(38)48-2)34-20-10-18-32(26-34)30-15-7-4-8-16-30;1-22-19-17(11-6-12-18(19)23-20-21)16-10-5-9-15(13-16)14-7-3-2-4-8-14;7-3-1-5(9)4(8)2-6(3)10/h3-28H,1-2H3;2-13,21H,1H3;1-2H.